The molecule has 156 valence electrons. The Morgan fingerprint density at radius 1 is 1.20 bits per heavy atom. The van der Waals surface area contributed by atoms with Gasteiger partial charge >= 0.3 is 0 Å². The maximum Gasteiger partial charge on any atom is 0.279 e. The van der Waals surface area contributed by atoms with Crippen molar-refractivity contribution in [1.82, 2.24) is 5.32 Å². The molecule has 2 aromatic rings. The first-order valence-electron chi connectivity index (χ1n) is 9.51. The van der Waals surface area contributed by atoms with Crippen molar-refractivity contribution in [1.29, 1.82) is 0 Å². The van der Waals surface area contributed by atoms with Crippen LogP contribution in [0.15, 0.2) is 52.5 Å². The number of amides is 1. The molecule has 8 heteroatoms. The summed E-state index contributed by atoms with van der Waals surface area (Å²) in [6.07, 6.45) is -1.30. The maximum atomic E-state index is 13.2. The number of rotatable bonds is 5. The van der Waals surface area contributed by atoms with E-state index in [1.54, 1.807) is 30.3 Å². The third-order valence-electron chi connectivity index (χ3n) is 5.62. The van der Waals surface area contributed by atoms with Crippen LogP contribution < -0.4 is 5.32 Å². The van der Waals surface area contributed by atoms with Crippen molar-refractivity contribution >= 4 is 23.2 Å². The Hall–Kier alpha value is -3.23. The topological polar surface area (TPSA) is 115 Å². The number of hydrogen-bond acceptors (Lipinski definition) is 7. The zero-order valence-electron chi connectivity index (χ0n) is 16.7. The summed E-state index contributed by atoms with van der Waals surface area (Å²) in [5.41, 5.74) is -4.22. The highest BCUT2D eigenvalue weighted by Crippen LogP contribution is 2.45. The largest absolute Gasteiger partial charge is 0.462 e. The molecule has 0 aliphatic carbocycles. The number of ketones is 2. The lowest BCUT2D eigenvalue weighted by Gasteiger charge is -2.32. The number of aliphatic hydroxyl groups is 1. The molecule has 2 aliphatic heterocycles. The summed E-state index contributed by atoms with van der Waals surface area (Å²) in [7, 11) is 1.17. The lowest BCUT2D eigenvalue weighted by molar-refractivity contribution is -0.156. The van der Waals surface area contributed by atoms with Crippen LogP contribution in [-0.4, -0.2) is 47.1 Å². The molecule has 8 nitrogen and oxygen atoms in total. The van der Waals surface area contributed by atoms with Crippen LogP contribution in [0.3, 0.4) is 0 Å². The second-order valence-corrected chi connectivity index (χ2v) is 7.23. The van der Waals surface area contributed by atoms with Crippen molar-refractivity contribution in [3.05, 3.63) is 65.1 Å². The van der Waals surface area contributed by atoms with E-state index in [0.717, 1.165) is 0 Å². The fourth-order valence-electron chi connectivity index (χ4n) is 3.90. The van der Waals surface area contributed by atoms with Gasteiger partial charge in [0.25, 0.3) is 11.5 Å². The van der Waals surface area contributed by atoms with Gasteiger partial charge in [-0.15, -0.1) is 0 Å². The molecule has 1 aromatic heterocycles. The van der Waals surface area contributed by atoms with Crippen molar-refractivity contribution in [3.63, 3.8) is 0 Å². The lowest BCUT2D eigenvalue weighted by atomic mass is 9.85. The molecule has 4 rings (SSSR count). The van der Waals surface area contributed by atoms with E-state index in [1.165, 1.54) is 26.2 Å². The quantitative estimate of drug-likeness (QED) is 0.568. The van der Waals surface area contributed by atoms with Crippen molar-refractivity contribution in [2.24, 2.45) is 0 Å². The molecule has 0 radical (unpaired) electrons. The first-order chi connectivity index (χ1) is 14.3. The van der Waals surface area contributed by atoms with Crippen LogP contribution in [0.2, 0.25) is 0 Å². The summed E-state index contributed by atoms with van der Waals surface area (Å²) in [5.74, 6) is -1.42. The molecule has 1 amide bonds. The summed E-state index contributed by atoms with van der Waals surface area (Å²) in [6, 6.07) is 11.4. The minimum absolute atomic E-state index is 0.0490. The summed E-state index contributed by atoms with van der Waals surface area (Å²) in [4.78, 5) is 39.3. The number of nitrogens with one attached hydrogen (secondary N) is 1. The molecule has 1 fully saturated rings. The van der Waals surface area contributed by atoms with Crippen molar-refractivity contribution in [2.75, 3.05) is 7.11 Å². The average molecular weight is 411 g/mol. The standard InChI is InChI=1S/C22H21NO7/c1-4-14-10-11-15(29-14)16-12(2)17(24)21(30-16)19(26)22(28-3,23-20(21)27)18(25)13-8-6-5-7-9-13/h5-11,19,26H,4H2,1-3H3,(H,23,27)/t19-,21+,22-/m1/s1. The van der Waals surface area contributed by atoms with E-state index < -0.39 is 34.9 Å². The number of aliphatic hydroxyl groups excluding tert-OH is 1. The molecule has 2 aliphatic rings. The van der Waals surface area contributed by atoms with Crippen molar-refractivity contribution in [3.8, 4) is 0 Å². The van der Waals surface area contributed by atoms with Gasteiger partial charge in [0, 0.05) is 24.7 Å². The lowest BCUT2D eigenvalue weighted by Crippen LogP contribution is -2.60. The Balaban J connectivity index is 1.76. The van der Waals surface area contributed by atoms with Gasteiger partial charge in [-0.1, -0.05) is 37.3 Å². The van der Waals surface area contributed by atoms with E-state index in [2.05, 4.69) is 5.32 Å². The van der Waals surface area contributed by atoms with E-state index in [1.807, 2.05) is 6.92 Å². The second-order valence-electron chi connectivity index (χ2n) is 7.23. The van der Waals surface area contributed by atoms with Crippen molar-refractivity contribution < 1.29 is 33.4 Å². The summed E-state index contributed by atoms with van der Waals surface area (Å²) in [5, 5.41) is 13.5. The molecule has 0 bridgehead atoms. The first-order valence-corrected chi connectivity index (χ1v) is 9.51. The van der Waals surface area contributed by atoms with Crippen LogP contribution in [0, 0.1) is 0 Å². The molecular weight excluding hydrogens is 390 g/mol. The zero-order chi connectivity index (χ0) is 21.7. The monoisotopic (exact) mass is 411 g/mol. The Labute approximate surface area is 172 Å². The predicted molar refractivity (Wildman–Crippen MR) is 104 cm³/mol. The summed E-state index contributed by atoms with van der Waals surface area (Å²) >= 11 is 0. The van der Waals surface area contributed by atoms with Gasteiger partial charge in [0.2, 0.25) is 17.3 Å². The number of benzene rings is 1. The second kappa shape index (κ2) is 6.93. The third-order valence-corrected chi connectivity index (χ3v) is 5.62. The predicted octanol–water partition coefficient (Wildman–Crippen LogP) is 1.63. The number of Topliss-reactive ketones (excluding diaryl/α,β-unsaturated/α-hetero) is 2. The molecular formula is C22H21NO7. The van der Waals surface area contributed by atoms with Gasteiger partial charge in [-0.25, -0.2) is 0 Å². The minimum atomic E-state index is -2.35. The fourth-order valence-corrected chi connectivity index (χ4v) is 3.90. The molecule has 2 N–H and O–H groups in total. The van der Waals surface area contributed by atoms with Gasteiger partial charge in [0.05, 0.1) is 0 Å². The van der Waals surface area contributed by atoms with E-state index in [0.29, 0.717) is 12.2 Å². The van der Waals surface area contributed by atoms with Crippen molar-refractivity contribution in [2.45, 2.75) is 37.7 Å². The average Bonchev–Trinajstić information content (AvgIpc) is 3.41. The van der Waals surface area contributed by atoms with Gasteiger partial charge in [0.1, 0.15) is 5.76 Å². The SMILES string of the molecule is CCc1ccc(C2=C(C)C(=O)[C@@]3(O2)C(=O)N[C@@](OC)(C(=O)c2ccccc2)[C@@H]3O)o1. The summed E-state index contributed by atoms with van der Waals surface area (Å²) < 4.78 is 16.8. The molecule has 3 atom stereocenters. The smallest absolute Gasteiger partial charge is 0.279 e. The Morgan fingerprint density at radius 2 is 1.90 bits per heavy atom. The Kier molecular flexibility index (Phi) is 4.63. The van der Waals surface area contributed by atoms with E-state index >= 15 is 0 Å². The zero-order valence-corrected chi connectivity index (χ0v) is 16.7. The Morgan fingerprint density at radius 3 is 2.50 bits per heavy atom. The van der Waals surface area contributed by atoms with E-state index in [9.17, 15) is 19.5 Å². The van der Waals surface area contributed by atoms with Gasteiger partial charge in [-0.2, -0.15) is 0 Å². The number of aryl methyl sites for hydroxylation is 1. The minimum Gasteiger partial charge on any atom is -0.462 e. The van der Waals surface area contributed by atoms with E-state index in [-0.39, 0.29) is 22.7 Å². The highest BCUT2D eigenvalue weighted by Gasteiger charge is 2.74. The molecule has 0 unspecified atom stereocenters. The number of ether oxygens (including phenoxy) is 2. The molecule has 1 spiro atoms. The van der Waals surface area contributed by atoms with Gasteiger partial charge < -0.3 is 24.3 Å². The number of methoxy groups -OCH3 is 1. The highest BCUT2D eigenvalue weighted by molar-refractivity contribution is 6.25. The number of hydrogen-bond donors (Lipinski definition) is 2. The van der Waals surface area contributed by atoms with E-state index in [4.69, 9.17) is 13.9 Å². The number of carbonyl (C=O) groups excluding carboxylic acids is 3. The van der Waals surface area contributed by atoms with Crippen LogP contribution in [0.1, 0.15) is 35.7 Å². The van der Waals surface area contributed by atoms with Crippen LogP contribution in [0.25, 0.3) is 5.76 Å². The first kappa shape index (κ1) is 20.1. The Bertz CT molecular complexity index is 1070. The molecule has 3 heterocycles. The highest BCUT2D eigenvalue weighted by atomic mass is 16.6. The number of furan rings is 1. The molecule has 1 aromatic carbocycles. The molecule has 0 saturated carbocycles. The van der Waals surface area contributed by atoms with Gasteiger partial charge in [0.15, 0.2) is 17.6 Å². The molecule has 1 saturated heterocycles. The van der Waals surface area contributed by atoms with Crippen LogP contribution in [-0.2, 0) is 25.5 Å². The third kappa shape index (κ3) is 2.50. The fraction of sp³-hybridized carbons (Fsp3) is 0.318. The number of carbonyl (C=O) groups is 3. The normalized spacial score (nSPS) is 28.2. The van der Waals surface area contributed by atoms with Gasteiger partial charge in [-0.3, -0.25) is 14.4 Å². The molecule has 30 heavy (non-hydrogen) atoms. The summed E-state index contributed by atoms with van der Waals surface area (Å²) in [6.45, 7) is 3.38. The van der Waals surface area contributed by atoms with Crippen LogP contribution in [0.5, 0.6) is 0 Å². The van der Waals surface area contributed by atoms with Crippen LogP contribution in [0.4, 0.5) is 0 Å². The van der Waals surface area contributed by atoms with Crippen LogP contribution >= 0.6 is 0 Å². The maximum absolute atomic E-state index is 13.2. The van der Waals surface area contributed by atoms with Gasteiger partial charge in [-0.05, 0) is 19.1 Å².